The molecule has 7 heteroatoms. The van der Waals surface area contributed by atoms with Crippen molar-refractivity contribution in [3.63, 3.8) is 0 Å². The van der Waals surface area contributed by atoms with Crippen LogP contribution in [0.3, 0.4) is 0 Å². The summed E-state index contributed by atoms with van der Waals surface area (Å²) in [7, 11) is -3.84. The average Bonchev–Trinajstić information content (AvgIpc) is 2.12. The summed E-state index contributed by atoms with van der Waals surface area (Å²) < 4.78 is 63.2. The van der Waals surface area contributed by atoms with Crippen LogP contribution < -0.4 is 0 Å². The molecule has 18 heavy (non-hydrogen) atoms. The SMILES string of the molecule is CC(C)(F)c1ccc(S(C)(=O)=O)c(C(C)(F)F)n1. The Morgan fingerprint density at radius 2 is 1.61 bits per heavy atom. The van der Waals surface area contributed by atoms with Crippen molar-refractivity contribution in [1.82, 2.24) is 4.98 Å². The molecule has 0 aliphatic rings. The molecular weight excluding hydrogens is 267 g/mol. The molecule has 0 bridgehead atoms. The monoisotopic (exact) mass is 281 g/mol. The number of hydrogen-bond acceptors (Lipinski definition) is 3. The quantitative estimate of drug-likeness (QED) is 0.856. The van der Waals surface area contributed by atoms with E-state index in [1.165, 1.54) is 0 Å². The predicted molar refractivity (Wildman–Crippen MR) is 61.0 cm³/mol. The molecule has 1 aromatic rings. The molecule has 0 aliphatic heterocycles. The summed E-state index contributed by atoms with van der Waals surface area (Å²) >= 11 is 0. The fourth-order valence-corrected chi connectivity index (χ4v) is 2.28. The number of pyridine rings is 1. The lowest BCUT2D eigenvalue weighted by Crippen LogP contribution is -2.20. The van der Waals surface area contributed by atoms with Crippen LogP contribution in [-0.2, 0) is 21.4 Å². The fraction of sp³-hybridized carbons (Fsp3) is 0.545. The van der Waals surface area contributed by atoms with Crippen LogP contribution in [0.4, 0.5) is 13.2 Å². The molecule has 0 unspecified atom stereocenters. The zero-order valence-corrected chi connectivity index (χ0v) is 11.3. The van der Waals surface area contributed by atoms with Crippen LogP contribution in [0, 0.1) is 0 Å². The van der Waals surface area contributed by atoms with E-state index >= 15 is 0 Å². The van der Waals surface area contributed by atoms with E-state index in [9.17, 15) is 21.6 Å². The van der Waals surface area contributed by atoms with Crippen molar-refractivity contribution in [2.24, 2.45) is 0 Å². The molecule has 102 valence electrons. The van der Waals surface area contributed by atoms with Gasteiger partial charge in [0.05, 0.1) is 10.6 Å². The highest BCUT2D eigenvalue weighted by Crippen LogP contribution is 2.33. The van der Waals surface area contributed by atoms with E-state index < -0.39 is 32.0 Å². The van der Waals surface area contributed by atoms with Crippen LogP contribution >= 0.6 is 0 Å². The smallest absolute Gasteiger partial charge is 0.247 e. The molecule has 0 spiro atoms. The summed E-state index contributed by atoms with van der Waals surface area (Å²) in [4.78, 5) is 2.90. The second kappa shape index (κ2) is 4.22. The third-order valence-corrected chi connectivity index (χ3v) is 3.41. The zero-order valence-electron chi connectivity index (χ0n) is 10.5. The van der Waals surface area contributed by atoms with E-state index in [0.29, 0.717) is 6.92 Å². The first-order chi connectivity index (χ1) is 7.83. The molecule has 0 saturated heterocycles. The summed E-state index contributed by atoms with van der Waals surface area (Å²) in [5.74, 6) is -3.46. The largest absolute Gasteiger partial charge is 0.288 e. The van der Waals surface area contributed by atoms with Crippen LogP contribution in [0.1, 0.15) is 32.2 Å². The molecule has 0 radical (unpaired) electrons. The highest BCUT2D eigenvalue weighted by atomic mass is 32.2. The van der Waals surface area contributed by atoms with Gasteiger partial charge in [-0.2, -0.15) is 8.78 Å². The lowest BCUT2D eigenvalue weighted by Gasteiger charge is -2.19. The van der Waals surface area contributed by atoms with Gasteiger partial charge >= 0.3 is 0 Å². The summed E-state index contributed by atoms with van der Waals surface area (Å²) in [5, 5.41) is 0. The Morgan fingerprint density at radius 1 is 1.11 bits per heavy atom. The first kappa shape index (κ1) is 14.9. The molecule has 0 N–H and O–H groups in total. The zero-order chi connectivity index (χ0) is 14.4. The highest BCUT2D eigenvalue weighted by molar-refractivity contribution is 7.90. The van der Waals surface area contributed by atoms with Gasteiger partial charge in [0.2, 0.25) is 0 Å². The Kier molecular flexibility index (Phi) is 3.51. The van der Waals surface area contributed by atoms with E-state index in [4.69, 9.17) is 0 Å². The predicted octanol–water partition coefficient (Wildman–Crippen LogP) is 2.80. The molecule has 1 rings (SSSR count). The van der Waals surface area contributed by atoms with Gasteiger partial charge in [0.25, 0.3) is 5.92 Å². The Balaban J connectivity index is 3.61. The first-order valence-corrected chi connectivity index (χ1v) is 7.01. The minimum atomic E-state index is -3.84. The van der Waals surface area contributed by atoms with Crippen LogP contribution in [-0.4, -0.2) is 19.7 Å². The fourth-order valence-electron chi connectivity index (χ4n) is 1.39. The van der Waals surface area contributed by atoms with E-state index in [2.05, 4.69) is 4.98 Å². The van der Waals surface area contributed by atoms with Crippen molar-refractivity contribution in [3.05, 3.63) is 23.5 Å². The lowest BCUT2D eigenvalue weighted by molar-refractivity contribution is 0.00871. The standard InChI is InChI=1S/C11H14F3NO2S/c1-10(2,12)8-6-5-7(18(4,16)17)9(15-8)11(3,13)14/h5-6H,1-4H3. The maximum atomic E-state index is 13.7. The third-order valence-electron chi connectivity index (χ3n) is 2.28. The minimum absolute atomic E-state index is 0.230. The molecule has 0 aromatic carbocycles. The van der Waals surface area contributed by atoms with E-state index in [-0.39, 0.29) is 5.69 Å². The maximum Gasteiger partial charge on any atom is 0.288 e. The number of aromatic nitrogens is 1. The lowest BCUT2D eigenvalue weighted by atomic mass is 10.1. The summed E-state index contributed by atoms with van der Waals surface area (Å²) in [5.41, 5.74) is -3.07. The number of rotatable bonds is 3. The highest BCUT2D eigenvalue weighted by Gasteiger charge is 2.35. The van der Waals surface area contributed by atoms with Crippen molar-refractivity contribution in [1.29, 1.82) is 0 Å². The maximum absolute atomic E-state index is 13.7. The summed E-state index contributed by atoms with van der Waals surface area (Å²) in [6, 6.07) is 2.07. The number of hydrogen-bond donors (Lipinski definition) is 0. The first-order valence-electron chi connectivity index (χ1n) is 5.12. The third kappa shape index (κ3) is 3.22. The van der Waals surface area contributed by atoms with Gasteiger partial charge in [-0.05, 0) is 26.0 Å². The van der Waals surface area contributed by atoms with Crippen molar-refractivity contribution in [2.45, 2.75) is 37.3 Å². The van der Waals surface area contributed by atoms with Crippen LogP contribution in [0.2, 0.25) is 0 Å². The van der Waals surface area contributed by atoms with Crippen molar-refractivity contribution in [3.8, 4) is 0 Å². The van der Waals surface area contributed by atoms with E-state index in [1.807, 2.05) is 0 Å². The van der Waals surface area contributed by atoms with Gasteiger partial charge in [-0.15, -0.1) is 0 Å². The van der Waals surface area contributed by atoms with Gasteiger partial charge in [-0.3, -0.25) is 0 Å². The molecule has 0 aliphatic carbocycles. The van der Waals surface area contributed by atoms with Crippen molar-refractivity contribution < 1.29 is 21.6 Å². The van der Waals surface area contributed by atoms with Gasteiger partial charge in [0, 0.05) is 13.2 Å². The average molecular weight is 281 g/mol. The van der Waals surface area contributed by atoms with Gasteiger partial charge in [0.15, 0.2) is 9.84 Å². The van der Waals surface area contributed by atoms with Crippen LogP contribution in [0.15, 0.2) is 17.0 Å². The molecule has 0 atom stereocenters. The Hall–Kier alpha value is -1.11. The minimum Gasteiger partial charge on any atom is -0.247 e. The molecular formula is C11H14F3NO2S. The normalized spacial score (nSPS) is 13.7. The Bertz CT molecular complexity index is 557. The Labute approximate surface area is 104 Å². The van der Waals surface area contributed by atoms with Crippen LogP contribution in [0.25, 0.3) is 0 Å². The van der Waals surface area contributed by atoms with Crippen LogP contribution in [0.5, 0.6) is 0 Å². The van der Waals surface area contributed by atoms with E-state index in [0.717, 1.165) is 32.2 Å². The summed E-state index contributed by atoms with van der Waals surface area (Å²) in [6.07, 6.45) is 0.805. The molecule has 1 heterocycles. The van der Waals surface area contributed by atoms with Gasteiger partial charge in [0.1, 0.15) is 11.4 Å². The number of halogens is 3. The van der Waals surface area contributed by atoms with Gasteiger partial charge < -0.3 is 0 Å². The summed E-state index contributed by atoms with van der Waals surface area (Å²) in [6.45, 7) is 2.85. The van der Waals surface area contributed by atoms with Crippen molar-refractivity contribution in [2.75, 3.05) is 6.26 Å². The molecule has 0 fully saturated rings. The molecule has 3 nitrogen and oxygen atoms in total. The second-order valence-electron chi connectivity index (χ2n) is 4.68. The number of alkyl halides is 3. The van der Waals surface area contributed by atoms with Gasteiger partial charge in [-0.25, -0.2) is 17.8 Å². The van der Waals surface area contributed by atoms with Crippen molar-refractivity contribution >= 4 is 9.84 Å². The molecule has 1 aromatic heterocycles. The van der Waals surface area contributed by atoms with Gasteiger partial charge in [-0.1, -0.05) is 0 Å². The number of sulfone groups is 1. The molecule has 0 amide bonds. The molecule has 0 saturated carbocycles. The topological polar surface area (TPSA) is 47.0 Å². The Morgan fingerprint density at radius 3 is 1.94 bits per heavy atom. The number of nitrogens with zero attached hydrogens (tertiary/aromatic N) is 1. The van der Waals surface area contributed by atoms with E-state index in [1.54, 1.807) is 0 Å². The second-order valence-corrected chi connectivity index (χ2v) is 6.66.